The number of piperidine rings is 3. The number of amides is 1. The minimum atomic E-state index is -0.209. The van der Waals surface area contributed by atoms with Crippen LogP contribution in [0.25, 0.3) is 10.8 Å². The normalized spacial score (nSPS) is 28.8. The van der Waals surface area contributed by atoms with E-state index in [0.29, 0.717) is 29.9 Å². The van der Waals surface area contributed by atoms with E-state index in [9.17, 15) is 9.59 Å². The molecule has 30 heavy (non-hydrogen) atoms. The van der Waals surface area contributed by atoms with Crippen molar-refractivity contribution in [3.63, 3.8) is 0 Å². The van der Waals surface area contributed by atoms with Gasteiger partial charge in [0.1, 0.15) is 6.54 Å². The Morgan fingerprint density at radius 2 is 2.00 bits per heavy atom. The molecule has 2 N–H and O–H groups in total. The zero-order chi connectivity index (χ0) is 20.7. The third-order valence-electron chi connectivity index (χ3n) is 7.38. The summed E-state index contributed by atoms with van der Waals surface area (Å²) in [4.78, 5) is 28.2. The van der Waals surface area contributed by atoms with E-state index in [1.165, 1.54) is 30.4 Å². The average Bonchev–Trinajstić information content (AvgIpc) is 2.77. The van der Waals surface area contributed by atoms with Crippen LogP contribution in [0.1, 0.15) is 31.4 Å². The highest BCUT2D eigenvalue weighted by Crippen LogP contribution is 2.38. The van der Waals surface area contributed by atoms with Gasteiger partial charge in [-0.1, -0.05) is 24.6 Å². The Bertz CT molecular complexity index is 1000. The lowest BCUT2D eigenvalue weighted by Gasteiger charge is -2.55. The zero-order valence-electron chi connectivity index (χ0n) is 17.6. The molecule has 7 nitrogen and oxygen atoms in total. The smallest absolute Gasteiger partial charge is 0.275 e. The van der Waals surface area contributed by atoms with Gasteiger partial charge in [-0.3, -0.25) is 14.5 Å². The maximum absolute atomic E-state index is 12.8. The summed E-state index contributed by atoms with van der Waals surface area (Å²) in [5, 5.41) is 12.6. The Hall–Kier alpha value is -2.25. The van der Waals surface area contributed by atoms with Gasteiger partial charge in [0.05, 0.1) is 11.1 Å². The minimum Gasteiger partial charge on any atom is -0.353 e. The van der Waals surface area contributed by atoms with Crippen LogP contribution in [0.2, 0.25) is 0 Å². The van der Waals surface area contributed by atoms with Crippen LogP contribution < -0.4 is 16.2 Å². The SMILES string of the molecule is Cc1nn(CC(=O)NC[C@H]2[C@@H]3CNC[C@@H](C3)[C@@H]3CCCCN32)c(=O)c2ccccc12. The molecule has 0 saturated carbocycles. The van der Waals surface area contributed by atoms with Crippen molar-refractivity contribution in [2.24, 2.45) is 11.8 Å². The summed E-state index contributed by atoms with van der Waals surface area (Å²) in [5.74, 6) is 1.19. The molecule has 0 radical (unpaired) electrons. The molecule has 2 bridgehead atoms. The first kappa shape index (κ1) is 19.7. The predicted octanol–water partition coefficient (Wildman–Crippen LogP) is 1.28. The van der Waals surface area contributed by atoms with E-state index >= 15 is 0 Å². The molecule has 1 aromatic heterocycles. The molecule has 0 spiro atoms. The Morgan fingerprint density at radius 3 is 2.87 bits per heavy atom. The number of nitrogens with zero attached hydrogens (tertiary/aromatic N) is 3. The topological polar surface area (TPSA) is 79.3 Å². The van der Waals surface area contributed by atoms with Crippen molar-refractivity contribution in [3.05, 3.63) is 40.3 Å². The highest BCUT2D eigenvalue weighted by Gasteiger charge is 2.45. The number of rotatable bonds is 4. The first-order chi connectivity index (χ1) is 14.6. The first-order valence-corrected chi connectivity index (χ1v) is 11.3. The number of hydrogen-bond acceptors (Lipinski definition) is 5. The Balaban J connectivity index is 1.29. The average molecular weight is 410 g/mol. The Morgan fingerprint density at radius 1 is 1.20 bits per heavy atom. The van der Waals surface area contributed by atoms with Crippen molar-refractivity contribution in [1.82, 2.24) is 25.3 Å². The van der Waals surface area contributed by atoms with E-state index in [1.54, 1.807) is 6.07 Å². The minimum absolute atomic E-state index is 0.0355. The van der Waals surface area contributed by atoms with Crippen LogP contribution in [-0.4, -0.2) is 58.9 Å². The summed E-state index contributed by atoms with van der Waals surface area (Å²) in [7, 11) is 0. The zero-order valence-corrected chi connectivity index (χ0v) is 17.6. The van der Waals surface area contributed by atoms with Crippen LogP contribution >= 0.6 is 0 Å². The fraction of sp³-hybridized carbons (Fsp3) is 0.609. The number of aromatic nitrogens is 2. The fourth-order valence-electron chi connectivity index (χ4n) is 5.97. The summed E-state index contributed by atoms with van der Waals surface area (Å²) < 4.78 is 1.30. The molecule has 3 aliphatic rings. The molecular weight excluding hydrogens is 378 g/mol. The molecule has 2 aromatic rings. The van der Waals surface area contributed by atoms with Gasteiger partial charge in [-0.2, -0.15) is 5.10 Å². The third-order valence-corrected chi connectivity index (χ3v) is 7.38. The maximum Gasteiger partial charge on any atom is 0.275 e. The standard InChI is InChI=1S/C23H31N5O2/c1-15-18-6-2-3-7-19(18)23(30)28(26-15)14-22(29)25-13-21-17-10-16(11-24-12-17)20-8-4-5-9-27(20)21/h2-3,6-7,16-17,20-21,24H,4-5,8-14H2,1H3,(H,25,29)/t16-,17+,20+,21+/m1/s1. The van der Waals surface area contributed by atoms with Crippen molar-refractivity contribution in [1.29, 1.82) is 0 Å². The molecule has 1 aromatic carbocycles. The van der Waals surface area contributed by atoms with Crippen molar-refractivity contribution in [2.45, 2.75) is 51.2 Å². The highest BCUT2D eigenvalue weighted by atomic mass is 16.2. The lowest BCUT2D eigenvalue weighted by molar-refractivity contribution is -0.123. The summed E-state index contributed by atoms with van der Waals surface area (Å²) >= 11 is 0. The second-order valence-corrected chi connectivity index (χ2v) is 9.18. The number of carbonyl (C=O) groups is 1. The Labute approximate surface area is 176 Å². The molecule has 4 atom stereocenters. The molecular formula is C23H31N5O2. The number of benzene rings is 1. The lowest BCUT2D eigenvalue weighted by atomic mass is 9.73. The van der Waals surface area contributed by atoms with Crippen molar-refractivity contribution >= 4 is 16.7 Å². The molecule has 4 heterocycles. The van der Waals surface area contributed by atoms with E-state index in [2.05, 4.69) is 20.6 Å². The van der Waals surface area contributed by atoms with Gasteiger partial charge in [0.2, 0.25) is 5.91 Å². The molecule has 5 rings (SSSR count). The van der Waals surface area contributed by atoms with E-state index in [0.717, 1.165) is 36.6 Å². The van der Waals surface area contributed by atoms with Gasteiger partial charge in [0.15, 0.2) is 0 Å². The number of aryl methyl sites for hydroxylation is 1. The van der Waals surface area contributed by atoms with Crippen LogP contribution in [0.15, 0.2) is 29.1 Å². The summed E-state index contributed by atoms with van der Waals surface area (Å²) in [6.45, 7) is 5.80. The molecule has 0 aliphatic carbocycles. The lowest BCUT2D eigenvalue weighted by Crippen LogP contribution is -2.65. The van der Waals surface area contributed by atoms with Gasteiger partial charge in [0, 0.05) is 24.0 Å². The molecule has 3 fully saturated rings. The van der Waals surface area contributed by atoms with E-state index < -0.39 is 0 Å². The molecule has 3 aliphatic heterocycles. The van der Waals surface area contributed by atoms with E-state index in [1.807, 2.05) is 25.1 Å². The van der Waals surface area contributed by atoms with Crippen molar-refractivity contribution in [2.75, 3.05) is 26.2 Å². The van der Waals surface area contributed by atoms with E-state index in [4.69, 9.17) is 0 Å². The van der Waals surface area contributed by atoms with Gasteiger partial charge in [-0.25, -0.2) is 4.68 Å². The quantitative estimate of drug-likeness (QED) is 0.795. The molecule has 0 unspecified atom stereocenters. The largest absolute Gasteiger partial charge is 0.353 e. The monoisotopic (exact) mass is 409 g/mol. The fourth-order valence-corrected chi connectivity index (χ4v) is 5.97. The first-order valence-electron chi connectivity index (χ1n) is 11.3. The van der Waals surface area contributed by atoms with Crippen LogP contribution in [0.4, 0.5) is 0 Å². The third kappa shape index (κ3) is 3.54. The summed E-state index contributed by atoms with van der Waals surface area (Å²) in [6.07, 6.45) is 5.11. The van der Waals surface area contributed by atoms with Crippen LogP contribution in [0.3, 0.4) is 0 Å². The Kier molecular flexibility index (Phi) is 5.33. The van der Waals surface area contributed by atoms with Gasteiger partial charge in [-0.05, 0) is 63.7 Å². The number of fused-ring (bicyclic) bond motifs is 5. The maximum atomic E-state index is 12.8. The molecule has 1 amide bonds. The van der Waals surface area contributed by atoms with Crippen LogP contribution in [0, 0.1) is 18.8 Å². The highest BCUT2D eigenvalue weighted by molar-refractivity contribution is 5.83. The molecule has 7 heteroatoms. The van der Waals surface area contributed by atoms with Gasteiger partial charge in [-0.15, -0.1) is 0 Å². The van der Waals surface area contributed by atoms with Crippen molar-refractivity contribution in [3.8, 4) is 0 Å². The second kappa shape index (κ2) is 8.12. The molecule has 160 valence electrons. The van der Waals surface area contributed by atoms with Crippen LogP contribution in [-0.2, 0) is 11.3 Å². The van der Waals surface area contributed by atoms with Gasteiger partial charge < -0.3 is 10.6 Å². The van der Waals surface area contributed by atoms with E-state index in [-0.39, 0.29) is 18.0 Å². The van der Waals surface area contributed by atoms with Gasteiger partial charge in [0.25, 0.3) is 5.56 Å². The summed E-state index contributed by atoms with van der Waals surface area (Å²) in [6, 6.07) is 8.47. The number of nitrogens with one attached hydrogen (secondary N) is 2. The number of hydrogen-bond donors (Lipinski definition) is 2. The van der Waals surface area contributed by atoms with Crippen molar-refractivity contribution < 1.29 is 4.79 Å². The summed E-state index contributed by atoms with van der Waals surface area (Å²) in [5.41, 5.74) is 0.556. The number of carbonyl (C=O) groups excluding carboxylic acids is 1. The van der Waals surface area contributed by atoms with Crippen LogP contribution in [0.5, 0.6) is 0 Å². The predicted molar refractivity (Wildman–Crippen MR) is 116 cm³/mol. The second-order valence-electron chi connectivity index (χ2n) is 9.18. The molecule has 3 saturated heterocycles. The van der Waals surface area contributed by atoms with Gasteiger partial charge >= 0.3 is 0 Å².